The van der Waals surface area contributed by atoms with Crippen LogP contribution in [0.1, 0.15) is 18.4 Å². The van der Waals surface area contributed by atoms with Crippen LogP contribution in [0.3, 0.4) is 0 Å². The highest BCUT2D eigenvalue weighted by molar-refractivity contribution is 7.89. The summed E-state index contributed by atoms with van der Waals surface area (Å²) in [4.78, 5) is 2.50. The average molecular weight is 330 g/mol. The number of anilines is 1. The molecule has 0 amide bonds. The Bertz CT molecular complexity index is 654. The third kappa shape index (κ3) is 2.90. The average Bonchev–Trinajstić information content (AvgIpc) is 2.43. The lowest BCUT2D eigenvalue weighted by Crippen LogP contribution is -2.57. The summed E-state index contributed by atoms with van der Waals surface area (Å²) in [6.07, 6.45) is 2.12. The van der Waals surface area contributed by atoms with E-state index < -0.39 is 10.0 Å². The summed E-state index contributed by atoms with van der Waals surface area (Å²) in [7, 11) is -3.60. The molecule has 3 heterocycles. The molecule has 7 heteroatoms. The summed E-state index contributed by atoms with van der Waals surface area (Å²) in [6.45, 7) is 4.65. The molecule has 0 radical (unpaired) electrons. The van der Waals surface area contributed by atoms with Crippen LogP contribution in [0.25, 0.3) is 0 Å². The number of benzene rings is 1. The van der Waals surface area contributed by atoms with Gasteiger partial charge in [0.1, 0.15) is 0 Å². The Labute approximate surface area is 130 Å². The molecule has 0 saturated carbocycles. The zero-order valence-electron chi connectivity index (χ0n) is 12.0. The summed E-state index contributed by atoms with van der Waals surface area (Å²) in [5.41, 5.74) is 6.78. The van der Waals surface area contributed by atoms with E-state index in [0.29, 0.717) is 22.2 Å². The van der Waals surface area contributed by atoms with Gasteiger partial charge in [0.05, 0.1) is 4.90 Å². The third-order valence-corrected chi connectivity index (χ3v) is 6.45. The van der Waals surface area contributed by atoms with E-state index in [1.165, 1.54) is 6.07 Å². The fourth-order valence-electron chi connectivity index (χ4n) is 3.31. The van der Waals surface area contributed by atoms with Gasteiger partial charge in [-0.15, -0.1) is 0 Å². The number of fused-ring (bicyclic) bond motifs is 3. The number of rotatable bonds is 3. The van der Waals surface area contributed by atoms with Gasteiger partial charge in [-0.25, -0.2) is 13.1 Å². The molecule has 0 aromatic heterocycles. The van der Waals surface area contributed by atoms with Gasteiger partial charge in [0.15, 0.2) is 0 Å². The molecule has 3 saturated heterocycles. The van der Waals surface area contributed by atoms with Crippen molar-refractivity contribution in [3.05, 3.63) is 22.7 Å². The van der Waals surface area contributed by atoms with Crippen molar-refractivity contribution >= 4 is 27.3 Å². The SMILES string of the molecule is Cc1c(N)cc(Cl)cc1S(=O)(=O)NC1CN2CCC1CC2. The molecule has 3 fully saturated rings. The van der Waals surface area contributed by atoms with Crippen molar-refractivity contribution in [2.45, 2.75) is 30.7 Å². The van der Waals surface area contributed by atoms with E-state index in [0.717, 1.165) is 32.5 Å². The number of sulfonamides is 1. The second-order valence-electron chi connectivity index (χ2n) is 5.98. The molecule has 0 aliphatic carbocycles. The predicted octanol–water partition coefficient (Wildman–Crippen LogP) is 1.60. The molecule has 3 aliphatic heterocycles. The van der Waals surface area contributed by atoms with Crippen LogP contribution in [0.15, 0.2) is 17.0 Å². The predicted molar refractivity (Wildman–Crippen MR) is 83.9 cm³/mol. The normalized spacial score (nSPS) is 28.8. The first kappa shape index (κ1) is 15.1. The van der Waals surface area contributed by atoms with E-state index in [9.17, 15) is 8.42 Å². The summed E-state index contributed by atoms with van der Waals surface area (Å²) in [5, 5.41) is 0.340. The van der Waals surface area contributed by atoms with E-state index >= 15 is 0 Å². The molecule has 0 spiro atoms. The molecule has 3 aliphatic rings. The first-order valence-corrected chi connectivity index (χ1v) is 9.03. The third-order valence-electron chi connectivity index (χ3n) is 4.62. The molecule has 1 atom stereocenters. The number of nitrogens with zero attached hydrogens (tertiary/aromatic N) is 1. The van der Waals surface area contributed by atoms with Crippen LogP contribution < -0.4 is 10.5 Å². The number of nitrogen functional groups attached to an aromatic ring is 1. The van der Waals surface area contributed by atoms with Crippen molar-refractivity contribution in [1.82, 2.24) is 9.62 Å². The maximum absolute atomic E-state index is 12.7. The monoisotopic (exact) mass is 329 g/mol. The number of halogens is 1. The number of hydrogen-bond donors (Lipinski definition) is 2. The van der Waals surface area contributed by atoms with Gasteiger partial charge in [-0.05, 0) is 56.5 Å². The molecule has 4 rings (SSSR count). The van der Waals surface area contributed by atoms with E-state index in [1.54, 1.807) is 13.0 Å². The quantitative estimate of drug-likeness (QED) is 0.826. The molecule has 3 N–H and O–H groups in total. The highest BCUT2D eigenvalue weighted by atomic mass is 35.5. The highest BCUT2D eigenvalue weighted by Crippen LogP contribution is 2.30. The number of nitrogens with two attached hydrogens (primary N) is 1. The largest absolute Gasteiger partial charge is 0.398 e. The van der Waals surface area contributed by atoms with Gasteiger partial charge in [-0.2, -0.15) is 0 Å². The summed E-state index contributed by atoms with van der Waals surface area (Å²) < 4.78 is 28.2. The molecular weight excluding hydrogens is 310 g/mol. The van der Waals surface area contributed by atoms with Gasteiger partial charge >= 0.3 is 0 Å². The smallest absolute Gasteiger partial charge is 0.241 e. The van der Waals surface area contributed by atoms with Crippen LogP contribution in [0.4, 0.5) is 5.69 Å². The van der Waals surface area contributed by atoms with Crippen LogP contribution in [-0.2, 0) is 10.0 Å². The Hall–Kier alpha value is -0.820. The van der Waals surface area contributed by atoms with Crippen molar-refractivity contribution in [1.29, 1.82) is 0 Å². The van der Waals surface area contributed by atoms with Crippen molar-refractivity contribution in [3.63, 3.8) is 0 Å². The molecule has 5 nitrogen and oxygen atoms in total. The van der Waals surface area contributed by atoms with Gasteiger partial charge in [-0.3, -0.25) is 0 Å². The summed E-state index contributed by atoms with van der Waals surface area (Å²) in [6, 6.07) is 3.03. The minimum absolute atomic E-state index is 0.0166. The molecule has 1 unspecified atom stereocenters. The number of piperidine rings is 3. The van der Waals surface area contributed by atoms with Crippen molar-refractivity contribution in [3.8, 4) is 0 Å². The van der Waals surface area contributed by atoms with Gasteiger partial charge in [0.25, 0.3) is 0 Å². The Kier molecular flexibility index (Phi) is 3.90. The molecule has 1 aromatic carbocycles. The second-order valence-corrected chi connectivity index (χ2v) is 8.10. The van der Waals surface area contributed by atoms with Gasteiger partial charge in [0, 0.05) is 23.3 Å². The maximum atomic E-state index is 12.7. The molecule has 2 bridgehead atoms. The zero-order valence-corrected chi connectivity index (χ0v) is 13.5. The lowest BCUT2D eigenvalue weighted by Gasteiger charge is -2.44. The highest BCUT2D eigenvalue weighted by Gasteiger charge is 2.36. The fourth-order valence-corrected chi connectivity index (χ4v) is 5.20. The summed E-state index contributed by atoms with van der Waals surface area (Å²) >= 11 is 5.95. The number of nitrogens with one attached hydrogen (secondary N) is 1. The van der Waals surface area contributed by atoms with E-state index in [1.807, 2.05) is 0 Å². The standard InChI is InChI=1S/C14H20ClN3O2S/c1-9-12(16)6-11(15)7-14(9)21(19,20)17-13-8-18-4-2-10(13)3-5-18/h6-7,10,13,17H,2-5,8,16H2,1H3. The lowest BCUT2D eigenvalue weighted by atomic mass is 9.85. The van der Waals surface area contributed by atoms with Crippen LogP contribution >= 0.6 is 11.6 Å². The van der Waals surface area contributed by atoms with Gasteiger partial charge < -0.3 is 10.6 Å². The van der Waals surface area contributed by atoms with Gasteiger partial charge in [0.2, 0.25) is 10.0 Å². The Morgan fingerprint density at radius 1 is 1.33 bits per heavy atom. The van der Waals surface area contributed by atoms with Crippen LogP contribution in [0.5, 0.6) is 0 Å². The maximum Gasteiger partial charge on any atom is 0.241 e. The van der Waals surface area contributed by atoms with Crippen LogP contribution in [0.2, 0.25) is 5.02 Å². The minimum Gasteiger partial charge on any atom is -0.398 e. The Morgan fingerprint density at radius 2 is 2.00 bits per heavy atom. The van der Waals surface area contributed by atoms with Crippen molar-refractivity contribution < 1.29 is 8.42 Å². The van der Waals surface area contributed by atoms with Crippen LogP contribution in [-0.4, -0.2) is 39.0 Å². The first-order valence-electron chi connectivity index (χ1n) is 7.17. The topological polar surface area (TPSA) is 75.4 Å². The van der Waals surface area contributed by atoms with Crippen LogP contribution in [0, 0.1) is 12.8 Å². The molecular formula is C14H20ClN3O2S. The van der Waals surface area contributed by atoms with E-state index in [4.69, 9.17) is 17.3 Å². The fraction of sp³-hybridized carbons (Fsp3) is 0.571. The Balaban J connectivity index is 1.88. The van der Waals surface area contributed by atoms with Crippen molar-refractivity contribution in [2.75, 3.05) is 25.4 Å². The second kappa shape index (κ2) is 5.43. The van der Waals surface area contributed by atoms with Gasteiger partial charge in [-0.1, -0.05) is 11.6 Å². The first-order chi connectivity index (χ1) is 9.87. The summed E-state index contributed by atoms with van der Waals surface area (Å²) in [5.74, 6) is 0.432. The lowest BCUT2D eigenvalue weighted by molar-refractivity contribution is 0.0827. The minimum atomic E-state index is -3.60. The molecule has 116 valence electrons. The van der Waals surface area contributed by atoms with Crippen molar-refractivity contribution in [2.24, 2.45) is 5.92 Å². The molecule has 1 aromatic rings. The van der Waals surface area contributed by atoms with E-state index in [-0.39, 0.29) is 10.9 Å². The number of hydrogen-bond acceptors (Lipinski definition) is 4. The zero-order chi connectivity index (χ0) is 15.2. The molecule has 21 heavy (non-hydrogen) atoms. The Morgan fingerprint density at radius 3 is 2.57 bits per heavy atom. The van der Waals surface area contributed by atoms with E-state index in [2.05, 4.69) is 9.62 Å².